The molecule has 20 heavy (non-hydrogen) atoms. The minimum absolute atomic E-state index is 0.0460. The molecule has 0 saturated heterocycles. The van der Waals surface area contributed by atoms with Gasteiger partial charge < -0.3 is 10.3 Å². The van der Waals surface area contributed by atoms with Crippen LogP contribution in [-0.2, 0) is 13.0 Å². The Morgan fingerprint density at radius 3 is 2.80 bits per heavy atom. The van der Waals surface area contributed by atoms with Gasteiger partial charge >= 0.3 is 0 Å². The van der Waals surface area contributed by atoms with Crippen molar-refractivity contribution in [2.24, 2.45) is 0 Å². The van der Waals surface area contributed by atoms with E-state index in [9.17, 15) is 4.39 Å². The van der Waals surface area contributed by atoms with E-state index in [1.165, 1.54) is 0 Å². The fraction of sp³-hybridized carbons (Fsp3) is 0.400. The molecule has 0 aliphatic carbocycles. The van der Waals surface area contributed by atoms with Crippen LogP contribution >= 0.6 is 11.6 Å². The monoisotopic (exact) mass is 295 g/mol. The van der Waals surface area contributed by atoms with Crippen LogP contribution in [0, 0.1) is 5.82 Å². The zero-order valence-corrected chi connectivity index (χ0v) is 12.7. The largest absolute Gasteiger partial charge is 0.345 e. The molecule has 5 heteroatoms. The third-order valence-corrected chi connectivity index (χ3v) is 3.17. The number of halogens is 2. The number of hydrogen-bond acceptors (Lipinski definition) is 2. The molecule has 2 aromatic rings. The van der Waals surface area contributed by atoms with Gasteiger partial charge in [0, 0.05) is 30.4 Å². The SMILES string of the molecule is CC(C)(C)NCc1cnc(Cc2cccc(Cl)c2F)[nH]1. The van der Waals surface area contributed by atoms with Crippen LogP contribution in [0.2, 0.25) is 5.02 Å². The van der Waals surface area contributed by atoms with Crippen LogP contribution in [0.5, 0.6) is 0 Å². The van der Waals surface area contributed by atoms with E-state index in [1.54, 1.807) is 24.4 Å². The van der Waals surface area contributed by atoms with Crippen LogP contribution in [0.1, 0.15) is 37.9 Å². The average Bonchev–Trinajstić information content (AvgIpc) is 2.80. The summed E-state index contributed by atoms with van der Waals surface area (Å²) in [6, 6.07) is 5.00. The first-order chi connectivity index (χ1) is 9.35. The van der Waals surface area contributed by atoms with Gasteiger partial charge in [0.1, 0.15) is 11.6 Å². The predicted molar refractivity (Wildman–Crippen MR) is 79.4 cm³/mol. The molecule has 0 saturated carbocycles. The second-order valence-corrected chi connectivity index (χ2v) is 6.26. The van der Waals surface area contributed by atoms with E-state index in [0.29, 0.717) is 18.5 Å². The Kier molecular flexibility index (Phi) is 4.45. The lowest BCUT2D eigenvalue weighted by Crippen LogP contribution is -2.35. The highest BCUT2D eigenvalue weighted by atomic mass is 35.5. The maximum atomic E-state index is 13.8. The second kappa shape index (κ2) is 5.94. The van der Waals surface area contributed by atoms with E-state index in [4.69, 9.17) is 11.6 Å². The van der Waals surface area contributed by atoms with Crippen LogP contribution in [0.25, 0.3) is 0 Å². The van der Waals surface area contributed by atoms with E-state index in [-0.39, 0.29) is 16.4 Å². The molecule has 3 nitrogen and oxygen atoms in total. The Bertz CT molecular complexity index is 587. The van der Waals surface area contributed by atoms with Crippen LogP contribution in [0.3, 0.4) is 0 Å². The van der Waals surface area contributed by atoms with Gasteiger partial charge in [-0.25, -0.2) is 9.37 Å². The average molecular weight is 296 g/mol. The van der Waals surface area contributed by atoms with Crippen molar-refractivity contribution in [2.45, 2.75) is 39.3 Å². The van der Waals surface area contributed by atoms with Crippen molar-refractivity contribution in [1.82, 2.24) is 15.3 Å². The standard InChI is InChI=1S/C15H19ClFN3/c1-15(2,3)19-9-11-8-18-13(20-11)7-10-5-4-6-12(16)14(10)17/h4-6,8,19H,7,9H2,1-3H3,(H,18,20). The lowest BCUT2D eigenvalue weighted by atomic mass is 10.1. The Morgan fingerprint density at radius 1 is 1.35 bits per heavy atom. The molecule has 0 bridgehead atoms. The van der Waals surface area contributed by atoms with Gasteiger partial charge in [0.05, 0.1) is 5.02 Å². The summed E-state index contributed by atoms with van der Waals surface area (Å²) in [6.45, 7) is 7.01. The van der Waals surface area contributed by atoms with Gasteiger partial charge in [0.15, 0.2) is 0 Å². The van der Waals surface area contributed by atoms with Gasteiger partial charge in [-0.15, -0.1) is 0 Å². The van der Waals surface area contributed by atoms with Gasteiger partial charge in [-0.2, -0.15) is 0 Å². The topological polar surface area (TPSA) is 40.7 Å². The Labute approximate surface area is 123 Å². The molecule has 2 N–H and O–H groups in total. The molecular weight excluding hydrogens is 277 g/mol. The number of imidazole rings is 1. The highest BCUT2D eigenvalue weighted by Gasteiger charge is 2.11. The molecule has 0 spiro atoms. The van der Waals surface area contributed by atoms with Crippen molar-refractivity contribution >= 4 is 11.6 Å². The maximum absolute atomic E-state index is 13.8. The number of benzene rings is 1. The van der Waals surface area contributed by atoms with Crippen LogP contribution in [0.4, 0.5) is 4.39 Å². The molecule has 0 unspecified atom stereocenters. The number of H-pyrrole nitrogens is 1. The minimum Gasteiger partial charge on any atom is -0.345 e. The molecule has 1 heterocycles. The smallest absolute Gasteiger partial charge is 0.145 e. The first-order valence-corrected chi connectivity index (χ1v) is 6.93. The van der Waals surface area contributed by atoms with Gasteiger partial charge in [0.2, 0.25) is 0 Å². The van der Waals surface area contributed by atoms with Crippen molar-refractivity contribution in [2.75, 3.05) is 0 Å². The van der Waals surface area contributed by atoms with Crippen molar-refractivity contribution in [3.63, 3.8) is 0 Å². The van der Waals surface area contributed by atoms with Crippen molar-refractivity contribution in [3.05, 3.63) is 52.3 Å². The fourth-order valence-corrected chi connectivity index (χ4v) is 2.01. The number of rotatable bonds is 4. The summed E-state index contributed by atoms with van der Waals surface area (Å²) in [5, 5.41) is 3.51. The summed E-state index contributed by atoms with van der Waals surface area (Å²) in [5.41, 5.74) is 1.57. The zero-order chi connectivity index (χ0) is 14.8. The van der Waals surface area contributed by atoms with E-state index in [1.807, 2.05) is 0 Å². The Morgan fingerprint density at radius 2 is 2.10 bits per heavy atom. The lowest BCUT2D eigenvalue weighted by molar-refractivity contribution is 0.421. The molecule has 1 aromatic carbocycles. The van der Waals surface area contributed by atoms with Crippen LogP contribution in [-0.4, -0.2) is 15.5 Å². The third kappa shape index (κ3) is 4.05. The molecule has 0 fully saturated rings. The van der Waals surface area contributed by atoms with Crippen LogP contribution in [0.15, 0.2) is 24.4 Å². The number of aromatic nitrogens is 2. The first kappa shape index (κ1) is 15.0. The van der Waals surface area contributed by atoms with Crippen molar-refractivity contribution in [3.8, 4) is 0 Å². The van der Waals surface area contributed by atoms with Gasteiger partial charge in [-0.1, -0.05) is 23.7 Å². The van der Waals surface area contributed by atoms with Crippen molar-refractivity contribution in [1.29, 1.82) is 0 Å². The molecule has 108 valence electrons. The molecule has 0 aliphatic rings. The fourth-order valence-electron chi connectivity index (χ4n) is 1.81. The highest BCUT2D eigenvalue weighted by molar-refractivity contribution is 6.30. The number of aromatic amines is 1. The molecule has 0 aliphatic heterocycles. The van der Waals surface area contributed by atoms with Gasteiger partial charge in [-0.05, 0) is 32.4 Å². The molecular formula is C15H19ClFN3. The summed E-state index contributed by atoms with van der Waals surface area (Å²) >= 11 is 5.77. The van der Waals surface area contributed by atoms with E-state index in [2.05, 4.69) is 36.1 Å². The van der Waals surface area contributed by atoms with E-state index >= 15 is 0 Å². The highest BCUT2D eigenvalue weighted by Crippen LogP contribution is 2.19. The van der Waals surface area contributed by atoms with Crippen molar-refractivity contribution < 1.29 is 4.39 Å². The number of nitrogens with zero attached hydrogens (tertiary/aromatic N) is 1. The molecule has 0 amide bonds. The molecule has 2 rings (SSSR count). The normalized spacial score (nSPS) is 11.8. The van der Waals surface area contributed by atoms with E-state index < -0.39 is 0 Å². The summed E-state index contributed by atoms with van der Waals surface area (Å²) in [4.78, 5) is 7.48. The second-order valence-electron chi connectivity index (χ2n) is 5.85. The zero-order valence-electron chi connectivity index (χ0n) is 11.9. The van der Waals surface area contributed by atoms with Crippen LogP contribution < -0.4 is 5.32 Å². The maximum Gasteiger partial charge on any atom is 0.145 e. The number of nitrogens with one attached hydrogen (secondary N) is 2. The Balaban J connectivity index is 2.04. The van der Waals surface area contributed by atoms with Gasteiger partial charge in [-0.3, -0.25) is 0 Å². The third-order valence-electron chi connectivity index (χ3n) is 2.88. The summed E-state index contributed by atoms with van der Waals surface area (Å²) in [7, 11) is 0. The lowest BCUT2D eigenvalue weighted by Gasteiger charge is -2.19. The summed E-state index contributed by atoms with van der Waals surface area (Å²) in [6.07, 6.45) is 2.18. The quantitative estimate of drug-likeness (QED) is 0.903. The first-order valence-electron chi connectivity index (χ1n) is 6.56. The summed E-state index contributed by atoms with van der Waals surface area (Å²) in [5.74, 6) is 0.358. The molecule has 0 atom stereocenters. The Hall–Kier alpha value is -1.39. The van der Waals surface area contributed by atoms with E-state index in [0.717, 1.165) is 11.5 Å². The molecule has 1 aromatic heterocycles. The minimum atomic E-state index is -0.375. The predicted octanol–water partition coefficient (Wildman–Crippen LogP) is 3.68. The summed E-state index contributed by atoms with van der Waals surface area (Å²) < 4.78 is 13.8. The number of hydrogen-bond donors (Lipinski definition) is 2. The van der Waals surface area contributed by atoms with Gasteiger partial charge in [0.25, 0.3) is 0 Å². The molecule has 0 radical (unpaired) electrons.